The van der Waals surface area contributed by atoms with Crippen molar-refractivity contribution in [3.63, 3.8) is 0 Å². The van der Waals surface area contributed by atoms with E-state index in [1.807, 2.05) is 37.3 Å². The zero-order chi connectivity index (χ0) is 17.4. The molecule has 0 aliphatic carbocycles. The molecule has 0 atom stereocenters. The second-order valence-electron chi connectivity index (χ2n) is 5.71. The van der Waals surface area contributed by atoms with E-state index < -0.39 is 0 Å². The van der Waals surface area contributed by atoms with E-state index in [-0.39, 0.29) is 5.56 Å². The van der Waals surface area contributed by atoms with Gasteiger partial charge in [0.15, 0.2) is 0 Å². The van der Waals surface area contributed by atoms with Gasteiger partial charge in [0.05, 0.1) is 23.7 Å². The summed E-state index contributed by atoms with van der Waals surface area (Å²) < 4.78 is 8.80. The predicted molar refractivity (Wildman–Crippen MR) is 94.8 cm³/mol. The van der Waals surface area contributed by atoms with Crippen LogP contribution in [0, 0.1) is 0 Å². The van der Waals surface area contributed by atoms with Crippen LogP contribution in [0.1, 0.15) is 13.3 Å². The van der Waals surface area contributed by atoms with E-state index in [9.17, 15) is 4.79 Å². The first-order chi connectivity index (χ1) is 12.2. The highest BCUT2D eigenvalue weighted by Crippen LogP contribution is 2.32. The van der Waals surface area contributed by atoms with Crippen LogP contribution in [-0.4, -0.2) is 31.3 Å². The molecule has 3 heterocycles. The number of benzene rings is 1. The Hall–Kier alpha value is -3.22. The topological polar surface area (TPSA) is 74.3 Å². The Morgan fingerprint density at radius 2 is 2.04 bits per heavy atom. The molecule has 0 saturated heterocycles. The van der Waals surface area contributed by atoms with E-state index in [2.05, 4.69) is 15.1 Å². The highest BCUT2D eigenvalue weighted by molar-refractivity contribution is 5.94. The van der Waals surface area contributed by atoms with E-state index in [0.29, 0.717) is 34.7 Å². The van der Waals surface area contributed by atoms with Crippen LogP contribution in [0.25, 0.3) is 27.9 Å². The second kappa shape index (κ2) is 6.01. The van der Waals surface area contributed by atoms with Crippen LogP contribution in [-0.2, 0) is 6.54 Å². The number of fused-ring (bicyclic) bond motifs is 2. The normalized spacial score (nSPS) is 11.3. The van der Waals surface area contributed by atoms with Gasteiger partial charge in [0.1, 0.15) is 12.1 Å². The molecule has 1 aromatic carbocycles. The molecule has 3 aromatic heterocycles. The molecule has 4 aromatic rings. The van der Waals surface area contributed by atoms with Crippen molar-refractivity contribution in [1.82, 2.24) is 24.1 Å². The largest absolute Gasteiger partial charge is 0.496 e. The lowest BCUT2D eigenvalue weighted by Crippen LogP contribution is -2.21. The Balaban J connectivity index is 2.20. The lowest BCUT2D eigenvalue weighted by Gasteiger charge is -2.13. The monoisotopic (exact) mass is 335 g/mol. The minimum atomic E-state index is -0.0924. The van der Waals surface area contributed by atoms with Crippen LogP contribution in [0.15, 0.2) is 47.7 Å². The van der Waals surface area contributed by atoms with Crippen LogP contribution in [0.4, 0.5) is 0 Å². The van der Waals surface area contributed by atoms with Crippen molar-refractivity contribution in [1.29, 1.82) is 0 Å². The van der Waals surface area contributed by atoms with Crippen molar-refractivity contribution < 1.29 is 4.74 Å². The summed E-state index contributed by atoms with van der Waals surface area (Å²) in [5.41, 5.74) is 1.92. The molecule has 0 N–H and O–H groups in total. The molecule has 7 heteroatoms. The zero-order valence-corrected chi connectivity index (χ0v) is 14.0. The van der Waals surface area contributed by atoms with Crippen LogP contribution in [0.3, 0.4) is 0 Å². The minimum absolute atomic E-state index is 0.0924. The summed E-state index contributed by atoms with van der Waals surface area (Å²) in [5.74, 6) is 1.11. The molecule has 25 heavy (non-hydrogen) atoms. The first kappa shape index (κ1) is 15.3. The molecule has 7 nitrogen and oxygen atoms in total. The van der Waals surface area contributed by atoms with Gasteiger partial charge < -0.3 is 9.30 Å². The number of hydrogen-bond acceptors (Lipinski definition) is 5. The van der Waals surface area contributed by atoms with Gasteiger partial charge >= 0.3 is 0 Å². The Bertz CT molecular complexity index is 1130. The van der Waals surface area contributed by atoms with E-state index >= 15 is 0 Å². The second-order valence-corrected chi connectivity index (χ2v) is 5.71. The fourth-order valence-corrected chi connectivity index (χ4v) is 3.07. The Morgan fingerprint density at radius 3 is 2.84 bits per heavy atom. The van der Waals surface area contributed by atoms with Gasteiger partial charge in [0, 0.05) is 18.3 Å². The van der Waals surface area contributed by atoms with Crippen LogP contribution in [0.2, 0.25) is 0 Å². The number of methoxy groups -OCH3 is 1. The number of aromatic nitrogens is 5. The fourth-order valence-electron chi connectivity index (χ4n) is 3.07. The number of ether oxygens (including phenoxy) is 1. The molecular weight excluding hydrogens is 318 g/mol. The van der Waals surface area contributed by atoms with Gasteiger partial charge in [0.25, 0.3) is 11.3 Å². The van der Waals surface area contributed by atoms with Gasteiger partial charge in [-0.1, -0.05) is 19.1 Å². The van der Waals surface area contributed by atoms with E-state index in [1.165, 1.54) is 6.33 Å². The molecule has 0 bridgehead atoms. The summed E-state index contributed by atoms with van der Waals surface area (Å²) in [6.45, 7) is 2.69. The highest BCUT2D eigenvalue weighted by Gasteiger charge is 2.19. The van der Waals surface area contributed by atoms with Gasteiger partial charge in [-0.15, -0.1) is 0 Å². The molecule has 0 unspecified atom stereocenters. The molecule has 0 aliphatic rings. The van der Waals surface area contributed by atoms with Crippen molar-refractivity contribution in [3.8, 4) is 17.0 Å². The molecular formula is C18H17N5O2. The number of pyridine rings is 1. The van der Waals surface area contributed by atoms with Gasteiger partial charge in [-0.2, -0.15) is 14.6 Å². The summed E-state index contributed by atoms with van der Waals surface area (Å²) in [6, 6.07) is 9.41. The number of nitrogens with zero attached hydrogens (tertiary/aromatic N) is 5. The minimum Gasteiger partial charge on any atom is -0.496 e. The molecule has 0 saturated carbocycles. The first-order valence-corrected chi connectivity index (χ1v) is 8.11. The van der Waals surface area contributed by atoms with Crippen LogP contribution >= 0.6 is 0 Å². The van der Waals surface area contributed by atoms with Crippen LogP contribution in [0.5, 0.6) is 5.75 Å². The fraction of sp³-hybridized carbons (Fsp3) is 0.222. The summed E-state index contributed by atoms with van der Waals surface area (Å²) >= 11 is 0. The quantitative estimate of drug-likeness (QED) is 0.573. The zero-order valence-electron chi connectivity index (χ0n) is 14.0. The molecule has 0 aliphatic heterocycles. The summed E-state index contributed by atoms with van der Waals surface area (Å²) in [6.07, 6.45) is 4.08. The third-order valence-corrected chi connectivity index (χ3v) is 4.17. The summed E-state index contributed by atoms with van der Waals surface area (Å²) in [7, 11) is 1.61. The maximum atomic E-state index is 13.1. The van der Waals surface area contributed by atoms with Crippen molar-refractivity contribution in [3.05, 3.63) is 53.2 Å². The Morgan fingerprint density at radius 1 is 1.20 bits per heavy atom. The van der Waals surface area contributed by atoms with Gasteiger partial charge in [-0.05, 0) is 24.6 Å². The number of aryl methyl sites for hydroxylation is 1. The predicted octanol–water partition coefficient (Wildman–Crippen LogP) is 2.52. The third-order valence-electron chi connectivity index (χ3n) is 4.17. The van der Waals surface area contributed by atoms with Crippen molar-refractivity contribution >= 4 is 16.7 Å². The molecule has 0 fully saturated rings. The summed E-state index contributed by atoms with van der Waals surface area (Å²) in [5, 5.41) is 4.79. The lowest BCUT2D eigenvalue weighted by molar-refractivity contribution is 0.416. The van der Waals surface area contributed by atoms with Crippen LogP contribution < -0.4 is 10.3 Å². The van der Waals surface area contributed by atoms with E-state index in [1.54, 1.807) is 22.4 Å². The molecule has 4 rings (SSSR count). The van der Waals surface area contributed by atoms with E-state index in [4.69, 9.17) is 4.74 Å². The molecule has 0 radical (unpaired) electrons. The molecule has 0 spiro atoms. The number of para-hydroxylation sites is 1. The first-order valence-electron chi connectivity index (χ1n) is 8.11. The standard InChI is InChI=1S/C18H17N5O2/c1-3-9-22-10-8-13-15(17(22)24)16(23-18(21-13)19-11-20-23)12-6-4-5-7-14(12)25-2/h4-8,10-11H,3,9H2,1-2H3. The molecule has 126 valence electrons. The SMILES string of the molecule is CCCn1ccc2nc3ncnn3c(-c3ccccc3OC)c2c1=O. The average molecular weight is 335 g/mol. The molecule has 0 amide bonds. The summed E-state index contributed by atoms with van der Waals surface area (Å²) in [4.78, 5) is 21.8. The maximum Gasteiger partial charge on any atom is 0.262 e. The van der Waals surface area contributed by atoms with Gasteiger partial charge in [-0.3, -0.25) is 4.79 Å². The smallest absolute Gasteiger partial charge is 0.262 e. The number of hydrogen-bond donors (Lipinski definition) is 0. The highest BCUT2D eigenvalue weighted by atomic mass is 16.5. The average Bonchev–Trinajstić information content (AvgIpc) is 3.10. The van der Waals surface area contributed by atoms with E-state index in [0.717, 1.165) is 12.0 Å². The number of rotatable bonds is 4. The van der Waals surface area contributed by atoms with Gasteiger partial charge in [0.2, 0.25) is 0 Å². The van der Waals surface area contributed by atoms with Gasteiger partial charge in [-0.25, -0.2) is 4.98 Å². The van der Waals surface area contributed by atoms with Crippen molar-refractivity contribution in [2.75, 3.05) is 7.11 Å². The third kappa shape index (κ3) is 2.36. The lowest BCUT2D eigenvalue weighted by atomic mass is 10.1. The maximum absolute atomic E-state index is 13.1. The van der Waals surface area contributed by atoms with Crippen molar-refractivity contribution in [2.24, 2.45) is 0 Å². The Labute approximate surface area is 143 Å². The Kier molecular flexibility index (Phi) is 3.68. The van der Waals surface area contributed by atoms with Crippen molar-refractivity contribution in [2.45, 2.75) is 19.9 Å².